The van der Waals surface area contributed by atoms with E-state index in [4.69, 9.17) is 0 Å². The fourth-order valence-electron chi connectivity index (χ4n) is 1.65. The number of hydrogen-bond acceptors (Lipinski definition) is 4. The number of hydrogen-bond donors (Lipinski definition) is 0. The highest BCUT2D eigenvalue weighted by Gasteiger charge is 2.13. The maximum Gasteiger partial charge on any atom is 0.188 e. The van der Waals surface area contributed by atoms with Crippen LogP contribution in [0.4, 0.5) is 0 Å². The zero-order valence-electron chi connectivity index (χ0n) is 10.9. The minimum atomic E-state index is 0.0359. The first-order chi connectivity index (χ1) is 8.60. The Hall–Kier alpha value is -1.49. The third-order valence-corrected chi connectivity index (χ3v) is 3.73. The predicted molar refractivity (Wildman–Crippen MR) is 72.1 cm³/mol. The standard InChI is InChI=1S/C13H17N3OS/c1-4-9(2)16-6-5-11(15-16)7-13(17)12-8-18-10(3)14-12/h5-6,8-9H,4,7H2,1-3H3. The lowest BCUT2D eigenvalue weighted by Gasteiger charge is -2.07. The molecule has 1 unspecified atom stereocenters. The molecule has 18 heavy (non-hydrogen) atoms. The number of aromatic nitrogens is 3. The monoisotopic (exact) mass is 263 g/mol. The van der Waals surface area contributed by atoms with E-state index >= 15 is 0 Å². The van der Waals surface area contributed by atoms with Crippen molar-refractivity contribution in [3.63, 3.8) is 0 Å². The van der Waals surface area contributed by atoms with Crippen LogP contribution in [-0.2, 0) is 6.42 Å². The maximum atomic E-state index is 12.0. The summed E-state index contributed by atoms with van der Waals surface area (Å²) in [4.78, 5) is 16.2. The molecule has 0 radical (unpaired) electrons. The van der Waals surface area contributed by atoms with Crippen molar-refractivity contribution in [2.75, 3.05) is 0 Å². The average Bonchev–Trinajstić information content (AvgIpc) is 2.97. The number of carbonyl (C=O) groups is 1. The van der Waals surface area contributed by atoms with Gasteiger partial charge in [-0.05, 0) is 26.3 Å². The van der Waals surface area contributed by atoms with Gasteiger partial charge in [0.15, 0.2) is 5.78 Å². The summed E-state index contributed by atoms with van der Waals surface area (Å²) in [6.07, 6.45) is 3.29. The third-order valence-electron chi connectivity index (χ3n) is 2.95. The van der Waals surface area contributed by atoms with Gasteiger partial charge in [-0.15, -0.1) is 11.3 Å². The quantitative estimate of drug-likeness (QED) is 0.779. The highest BCUT2D eigenvalue weighted by Crippen LogP contribution is 2.13. The average molecular weight is 263 g/mol. The van der Waals surface area contributed by atoms with Crippen molar-refractivity contribution >= 4 is 17.1 Å². The van der Waals surface area contributed by atoms with Gasteiger partial charge in [0.05, 0.1) is 17.1 Å². The second kappa shape index (κ2) is 5.44. The number of ketones is 1. The minimum Gasteiger partial charge on any atom is -0.292 e. The van der Waals surface area contributed by atoms with Gasteiger partial charge >= 0.3 is 0 Å². The molecule has 2 heterocycles. The normalized spacial score (nSPS) is 12.6. The Morgan fingerprint density at radius 3 is 2.94 bits per heavy atom. The van der Waals surface area contributed by atoms with E-state index in [1.54, 1.807) is 0 Å². The second-order valence-electron chi connectivity index (χ2n) is 4.40. The van der Waals surface area contributed by atoms with E-state index in [0.29, 0.717) is 18.2 Å². The van der Waals surface area contributed by atoms with Gasteiger partial charge in [0.1, 0.15) is 5.69 Å². The molecule has 2 rings (SSSR count). The van der Waals surface area contributed by atoms with Crippen LogP contribution in [-0.4, -0.2) is 20.5 Å². The number of rotatable bonds is 5. The van der Waals surface area contributed by atoms with Crippen molar-refractivity contribution in [2.45, 2.75) is 39.7 Å². The largest absolute Gasteiger partial charge is 0.292 e. The molecule has 1 atom stereocenters. The molecule has 0 spiro atoms. The van der Waals surface area contributed by atoms with Gasteiger partial charge in [-0.2, -0.15) is 5.10 Å². The zero-order chi connectivity index (χ0) is 13.1. The molecule has 0 aliphatic rings. The zero-order valence-corrected chi connectivity index (χ0v) is 11.7. The molecular weight excluding hydrogens is 246 g/mol. The van der Waals surface area contributed by atoms with Crippen LogP contribution in [0.25, 0.3) is 0 Å². The Morgan fingerprint density at radius 1 is 1.56 bits per heavy atom. The number of thiazole rings is 1. The SMILES string of the molecule is CCC(C)n1ccc(CC(=O)c2csc(C)n2)n1. The first-order valence-electron chi connectivity index (χ1n) is 6.09. The van der Waals surface area contributed by atoms with Crippen LogP contribution in [0.15, 0.2) is 17.6 Å². The second-order valence-corrected chi connectivity index (χ2v) is 5.46. The fourth-order valence-corrected chi connectivity index (χ4v) is 2.27. The molecule has 0 aromatic carbocycles. The summed E-state index contributed by atoms with van der Waals surface area (Å²) >= 11 is 1.50. The molecule has 0 N–H and O–H groups in total. The summed E-state index contributed by atoms with van der Waals surface area (Å²) in [7, 11) is 0. The van der Waals surface area contributed by atoms with Crippen molar-refractivity contribution in [1.82, 2.24) is 14.8 Å². The predicted octanol–water partition coefficient (Wildman–Crippen LogP) is 3.04. The van der Waals surface area contributed by atoms with Crippen molar-refractivity contribution in [1.29, 1.82) is 0 Å². The summed E-state index contributed by atoms with van der Waals surface area (Å²) in [5.74, 6) is 0.0359. The molecular formula is C13H17N3OS. The Kier molecular flexibility index (Phi) is 3.91. The van der Waals surface area contributed by atoms with Crippen LogP contribution < -0.4 is 0 Å². The van der Waals surface area contributed by atoms with Crippen LogP contribution in [0.2, 0.25) is 0 Å². The summed E-state index contributed by atoms with van der Waals surface area (Å²) in [5, 5.41) is 7.15. The third kappa shape index (κ3) is 2.85. The Morgan fingerprint density at radius 2 is 2.33 bits per heavy atom. The van der Waals surface area contributed by atoms with Gasteiger partial charge in [0.2, 0.25) is 0 Å². The summed E-state index contributed by atoms with van der Waals surface area (Å²) in [5.41, 5.74) is 1.36. The highest BCUT2D eigenvalue weighted by molar-refractivity contribution is 7.09. The number of nitrogens with zero attached hydrogens (tertiary/aromatic N) is 3. The smallest absolute Gasteiger partial charge is 0.188 e. The molecule has 96 valence electrons. The molecule has 0 aliphatic carbocycles. The Balaban J connectivity index is 2.05. The van der Waals surface area contributed by atoms with Crippen LogP contribution >= 0.6 is 11.3 Å². The first kappa shape index (κ1) is 13.0. The van der Waals surface area contributed by atoms with Gasteiger partial charge in [-0.25, -0.2) is 4.98 Å². The Bertz CT molecular complexity index is 544. The minimum absolute atomic E-state index is 0.0359. The molecule has 0 fully saturated rings. The molecule has 0 amide bonds. The molecule has 4 nitrogen and oxygen atoms in total. The van der Waals surface area contributed by atoms with Crippen molar-refractivity contribution < 1.29 is 4.79 Å². The molecule has 2 aromatic heterocycles. The lowest BCUT2D eigenvalue weighted by molar-refractivity contribution is 0.0987. The lowest BCUT2D eigenvalue weighted by Crippen LogP contribution is -2.08. The van der Waals surface area contributed by atoms with Gasteiger partial charge in [0.25, 0.3) is 0 Å². The van der Waals surface area contributed by atoms with E-state index in [1.165, 1.54) is 11.3 Å². The van der Waals surface area contributed by atoms with E-state index < -0.39 is 0 Å². The first-order valence-corrected chi connectivity index (χ1v) is 6.97. The Labute approximate surface area is 111 Å². The molecule has 5 heteroatoms. The van der Waals surface area contributed by atoms with Crippen LogP contribution in [0.1, 0.15) is 47.5 Å². The van der Waals surface area contributed by atoms with E-state index in [2.05, 4.69) is 23.9 Å². The fraction of sp³-hybridized carbons (Fsp3) is 0.462. The van der Waals surface area contributed by atoms with Crippen LogP contribution in [0, 0.1) is 6.92 Å². The van der Waals surface area contributed by atoms with Gasteiger partial charge in [-0.3, -0.25) is 9.48 Å². The van der Waals surface area contributed by atoms with Crippen LogP contribution in [0.5, 0.6) is 0 Å². The topological polar surface area (TPSA) is 47.8 Å². The molecule has 2 aromatic rings. The highest BCUT2D eigenvalue weighted by atomic mass is 32.1. The molecule has 0 aliphatic heterocycles. The van der Waals surface area contributed by atoms with E-state index in [9.17, 15) is 4.79 Å². The summed E-state index contributed by atoms with van der Waals surface area (Å²) in [6, 6.07) is 2.28. The van der Waals surface area contributed by atoms with Gasteiger partial charge in [0, 0.05) is 17.6 Å². The van der Waals surface area contributed by atoms with Crippen molar-refractivity contribution in [3.05, 3.63) is 34.0 Å². The number of aryl methyl sites for hydroxylation is 1. The van der Waals surface area contributed by atoms with E-state index in [0.717, 1.165) is 17.1 Å². The van der Waals surface area contributed by atoms with Gasteiger partial charge < -0.3 is 0 Å². The summed E-state index contributed by atoms with van der Waals surface area (Å²) < 4.78 is 1.91. The van der Waals surface area contributed by atoms with Crippen molar-refractivity contribution in [3.8, 4) is 0 Å². The van der Waals surface area contributed by atoms with Crippen LogP contribution in [0.3, 0.4) is 0 Å². The number of Topliss-reactive ketones (excluding diaryl/α,β-unsaturated/α-hetero) is 1. The maximum absolute atomic E-state index is 12.0. The number of carbonyl (C=O) groups excluding carboxylic acids is 1. The molecule has 0 saturated heterocycles. The van der Waals surface area contributed by atoms with E-state index in [1.807, 2.05) is 29.2 Å². The van der Waals surface area contributed by atoms with Crippen molar-refractivity contribution in [2.24, 2.45) is 0 Å². The van der Waals surface area contributed by atoms with Gasteiger partial charge in [-0.1, -0.05) is 6.92 Å². The summed E-state index contributed by atoms with van der Waals surface area (Å²) in [6.45, 7) is 6.14. The molecule has 0 saturated carbocycles. The molecule has 0 bridgehead atoms. The van der Waals surface area contributed by atoms with E-state index in [-0.39, 0.29) is 5.78 Å². The lowest BCUT2D eigenvalue weighted by atomic mass is 10.2.